The molecule has 0 saturated heterocycles. The zero-order chi connectivity index (χ0) is 25.5. The van der Waals surface area contributed by atoms with Crippen LogP contribution < -0.4 is 24.8 Å². The van der Waals surface area contributed by atoms with Gasteiger partial charge in [-0.1, -0.05) is 6.07 Å². The van der Waals surface area contributed by atoms with E-state index in [9.17, 15) is 18.0 Å². The summed E-state index contributed by atoms with van der Waals surface area (Å²) in [6.07, 6.45) is 2.05. The summed E-state index contributed by atoms with van der Waals surface area (Å²) in [6.45, 7) is 5.23. The Hall–Kier alpha value is -3.57. The number of anilines is 2. The zero-order valence-electron chi connectivity index (χ0n) is 19.9. The predicted octanol–water partition coefficient (Wildman–Crippen LogP) is 3.61. The lowest BCUT2D eigenvalue weighted by Crippen LogP contribution is -2.27. The summed E-state index contributed by atoms with van der Waals surface area (Å²) in [7, 11) is 0.369. The van der Waals surface area contributed by atoms with Crippen molar-refractivity contribution >= 4 is 39.5 Å². The van der Waals surface area contributed by atoms with Crippen LogP contribution in [-0.2, 0) is 19.6 Å². The number of hydrogen-bond donors (Lipinski definition) is 3. The molecule has 184 valence electrons. The van der Waals surface area contributed by atoms with Gasteiger partial charge in [-0.3, -0.25) is 10.1 Å². The molecule has 2 aromatic rings. The minimum Gasteiger partial charge on any atom is -0.495 e. The lowest BCUT2D eigenvalue weighted by molar-refractivity contribution is -0.111. The van der Waals surface area contributed by atoms with Gasteiger partial charge in [-0.15, -0.1) is 0 Å². The number of ether oxygens (including phenoxy) is 3. The maximum Gasteiger partial charge on any atom is 0.412 e. The minimum atomic E-state index is -3.75. The summed E-state index contributed by atoms with van der Waals surface area (Å²) >= 11 is 0. The first-order chi connectivity index (χ1) is 15.9. The highest BCUT2D eigenvalue weighted by Gasteiger charge is 2.19. The van der Waals surface area contributed by atoms with E-state index in [2.05, 4.69) is 15.4 Å². The lowest BCUT2D eigenvalue weighted by Gasteiger charge is -2.20. The van der Waals surface area contributed by atoms with Crippen LogP contribution in [0.4, 0.5) is 16.2 Å². The molecular weight excluding hydrogens is 462 g/mol. The second kappa shape index (κ2) is 11.0. The second-order valence-electron chi connectivity index (χ2n) is 7.98. The first-order valence-electron chi connectivity index (χ1n) is 10.2. The van der Waals surface area contributed by atoms with E-state index in [1.807, 2.05) is 0 Å². The maximum atomic E-state index is 12.4. The van der Waals surface area contributed by atoms with Crippen molar-refractivity contribution in [1.29, 1.82) is 0 Å². The van der Waals surface area contributed by atoms with Gasteiger partial charge in [-0.05, 0) is 69.8 Å². The van der Waals surface area contributed by atoms with Gasteiger partial charge in [0.15, 0.2) is 0 Å². The first kappa shape index (κ1) is 26.7. The highest BCUT2D eigenvalue weighted by molar-refractivity contribution is 7.89. The van der Waals surface area contributed by atoms with Crippen LogP contribution in [0.3, 0.4) is 0 Å². The number of hydrogen-bond acceptors (Lipinski definition) is 7. The molecule has 0 aliphatic carbocycles. The van der Waals surface area contributed by atoms with Crippen molar-refractivity contribution in [3.8, 4) is 11.5 Å². The summed E-state index contributed by atoms with van der Waals surface area (Å²) in [6, 6.07) is 9.23. The topological polar surface area (TPSA) is 132 Å². The zero-order valence-corrected chi connectivity index (χ0v) is 20.7. The van der Waals surface area contributed by atoms with E-state index in [-0.39, 0.29) is 10.6 Å². The normalized spacial score (nSPS) is 11.7. The smallest absolute Gasteiger partial charge is 0.412 e. The summed E-state index contributed by atoms with van der Waals surface area (Å²) in [4.78, 5) is 24.5. The van der Waals surface area contributed by atoms with Crippen molar-refractivity contribution in [2.24, 2.45) is 0 Å². The molecule has 0 aliphatic heterocycles. The molecule has 0 unspecified atom stereocenters. The fourth-order valence-corrected chi connectivity index (χ4v) is 3.70. The van der Waals surface area contributed by atoms with Gasteiger partial charge in [0.2, 0.25) is 15.9 Å². The van der Waals surface area contributed by atoms with E-state index in [4.69, 9.17) is 14.2 Å². The van der Waals surface area contributed by atoms with Crippen LogP contribution >= 0.6 is 0 Å². The Morgan fingerprint density at radius 3 is 2.18 bits per heavy atom. The largest absolute Gasteiger partial charge is 0.495 e. The molecule has 0 atom stereocenters. The van der Waals surface area contributed by atoms with Crippen LogP contribution in [0, 0.1) is 0 Å². The average molecular weight is 492 g/mol. The summed E-state index contributed by atoms with van der Waals surface area (Å²) in [5.41, 5.74) is 0.513. The van der Waals surface area contributed by atoms with Crippen molar-refractivity contribution < 1.29 is 32.2 Å². The van der Waals surface area contributed by atoms with Gasteiger partial charge in [0.25, 0.3) is 0 Å². The van der Waals surface area contributed by atoms with Gasteiger partial charge < -0.3 is 19.5 Å². The second-order valence-corrected chi connectivity index (χ2v) is 9.84. The van der Waals surface area contributed by atoms with Crippen molar-refractivity contribution in [3.05, 3.63) is 48.0 Å². The van der Waals surface area contributed by atoms with Crippen LogP contribution in [0.1, 0.15) is 26.3 Å². The summed E-state index contributed by atoms with van der Waals surface area (Å²) in [5.74, 6) is 0.0948. The van der Waals surface area contributed by atoms with Crippen LogP contribution in [0.2, 0.25) is 0 Å². The number of carbonyl (C=O) groups is 2. The molecule has 10 nitrogen and oxygen atoms in total. The van der Waals surface area contributed by atoms with E-state index in [0.717, 1.165) is 0 Å². The molecule has 2 aromatic carbocycles. The van der Waals surface area contributed by atoms with Crippen molar-refractivity contribution in [2.75, 3.05) is 31.9 Å². The molecule has 2 amide bonds. The van der Waals surface area contributed by atoms with Crippen LogP contribution in [0.25, 0.3) is 6.08 Å². The SMILES string of the molecule is CNS(=O)(=O)c1cc(/C=C/C(=O)Nc2ccc(OC)c(NC(=O)OC(C)(C)C)c2)ccc1OC. The predicted molar refractivity (Wildman–Crippen MR) is 130 cm³/mol. The van der Waals surface area contributed by atoms with E-state index >= 15 is 0 Å². The third-order valence-electron chi connectivity index (χ3n) is 4.28. The van der Waals surface area contributed by atoms with Gasteiger partial charge in [0.05, 0.1) is 19.9 Å². The molecule has 0 aliphatic rings. The molecule has 11 heteroatoms. The Morgan fingerprint density at radius 2 is 1.59 bits per heavy atom. The lowest BCUT2D eigenvalue weighted by atomic mass is 10.2. The van der Waals surface area contributed by atoms with Crippen LogP contribution in [0.5, 0.6) is 11.5 Å². The molecular formula is C23H29N3O7S. The number of benzene rings is 2. The monoisotopic (exact) mass is 491 g/mol. The van der Waals surface area contributed by atoms with Gasteiger partial charge >= 0.3 is 6.09 Å². The molecule has 0 fully saturated rings. The first-order valence-corrected chi connectivity index (χ1v) is 11.7. The molecule has 0 saturated carbocycles. The van der Waals surface area contributed by atoms with Crippen molar-refractivity contribution in [1.82, 2.24) is 4.72 Å². The number of rotatable bonds is 8. The number of carbonyl (C=O) groups excluding carboxylic acids is 2. The standard InChI is InChI=1S/C23H29N3O7S/c1-23(2,3)33-22(28)26-17-14-16(9-11-18(17)31-5)25-21(27)12-8-15-7-10-19(32-6)20(13-15)34(29,30)24-4/h7-14,24H,1-6H3,(H,25,27)(H,26,28)/b12-8+. The van der Waals surface area contributed by atoms with E-state index in [1.165, 1.54) is 51.6 Å². The quantitative estimate of drug-likeness (QED) is 0.481. The third kappa shape index (κ3) is 7.49. The minimum absolute atomic E-state index is 0.0481. The fraction of sp³-hybridized carbons (Fsp3) is 0.304. The van der Waals surface area contributed by atoms with Crippen molar-refractivity contribution in [2.45, 2.75) is 31.3 Å². The Labute approximate surface area is 199 Å². The van der Waals surface area contributed by atoms with E-state index in [1.54, 1.807) is 39.0 Å². The number of nitrogens with one attached hydrogen (secondary N) is 3. The average Bonchev–Trinajstić information content (AvgIpc) is 2.76. The Bertz CT molecular complexity index is 1190. The van der Waals surface area contributed by atoms with E-state index in [0.29, 0.717) is 22.7 Å². The van der Waals surface area contributed by atoms with Crippen LogP contribution in [-0.4, -0.2) is 47.3 Å². The molecule has 34 heavy (non-hydrogen) atoms. The molecule has 0 aromatic heterocycles. The molecule has 0 spiro atoms. The molecule has 2 rings (SSSR count). The Balaban J connectivity index is 2.18. The van der Waals surface area contributed by atoms with E-state index < -0.39 is 27.6 Å². The van der Waals surface area contributed by atoms with Gasteiger partial charge in [-0.2, -0.15) is 0 Å². The molecule has 0 heterocycles. The third-order valence-corrected chi connectivity index (χ3v) is 5.71. The molecule has 0 radical (unpaired) electrons. The highest BCUT2D eigenvalue weighted by atomic mass is 32.2. The van der Waals surface area contributed by atoms with Gasteiger partial charge in [-0.25, -0.2) is 17.9 Å². The number of amides is 2. The van der Waals surface area contributed by atoms with Gasteiger partial charge in [0, 0.05) is 11.8 Å². The Morgan fingerprint density at radius 1 is 0.941 bits per heavy atom. The fourth-order valence-electron chi connectivity index (χ4n) is 2.77. The highest BCUT2D eigenvalue weighted by Crippen LogP contribution is 2.29. The maximum absolute atomic E-state index is 12.4. The molecule has 0 bridgehead atoms. The van der Waals surface area contributed by atoms with Gasteiger partial charge in [0.1, 0.15) is 22.0 Å². The molecule has 3 N–H and O–H groups in total. The number of sulfonamides is 1. The number of methoxy groups -OCH3 is 2. The van der Waals surface area contributed by atoms with Crippen molar-refractivity contribution in [3.63, 3.8) is 0 Å². The summed E-state index contributed by atoms with van der Waals surface area (Å²) in [5, 5.41) is 5.27. The Kier molecular flexibility index (Phi) is 8.66. The summed E-state index contributed by atoms with van der Waals surface area (Å²) < 4.78 is 42.2. The van der Waals surface area contributed by atoms with Crippen LogP contribution in [0.15, 0.2) is 47.4 Å².